The second kappa shape index (κ2) is 16.3. The Balaban J connectivity index is 1.07. The topological polar surface area (TPSA) is 58.0 Å². The number of aryl methyl sites for hydroxylation is 2. The maximum absolute atomic E-state index is 4.26. The molecule has 7 heteroatoms. The highest BCUT2D eigenvalue weighted by atomic mass is 28.3. The highest BCUT2D eigenvalue weighted by molar-refractivity contribution is 7.05. The average Bonchev–Trinajstić information content (AvgIpc) is 3.43. The molecule has 4 aromatic heterocycles. The highest BCUT2D eigenvalue weighted by Crippen LogP contribution is 2.36. The molecule has 7 rings (SSSR count). The average molecular weight is 689 g/mol. The van der Waals surface area contributed by atoms with Crippen LogP contribution in [0.4, 0.5) is 22.7 Å². The van der Waals surface area contributed by atoms with Crippen LogP contribution in [0, 0.1) is 13.8 Å². The molecule has 1 aliphatic heterocycles. The summed E-state index contributed by atoms with van der Waals surface area (Å²) in [5.41, 5.74) is 10.5. The lowest BCUT2D eigenvalue weighted by atomic mass is 10.0. The van der Waals surface area contributed by atoms with E-state index in [0.717, 1.165) is 25.9 Å². The lowest BCUT2D eigenvalue weighted by Crippen LogP contribution is -2.55. The van der Waals surface area contributed by atoms with E-state index in [1.54, 1.807) is 10.4 Å². The minimum Gasteiger partial charge on any atom is -0.341 e. The van der Waals surface area contributed by atoms with Crippen molar-refractivity contribution in [1.29, 1.82) is 0 Å². The Morgan fingerprint density at radius 3 is 1.08 bits per heavy atom. The molecule has 0 unspecified atom stereocenters. The van der Waals surface area contributed by atoms with Crippen molar-refractivity contribution in [1.82, 2.24) is 19.9 Å². The summed E-state index contributed by atoms with van der Waals surface area (Å²) in [6.07, 6.45) is 22.2. The molecule has 0 spiro atoms. The number of benzene rings is 2. The monoisotopic (exact) mass is 688 g/mol. The number of anilines is 4. The van der Waals surface area contributed by atoms with E-state index in [1.807, 2.05) is 49.6 Å². The van der Waals surface area contributed by atoms with Gasteiger partial charge in [0.1, 0.15) is 8.07 Å². The van der Waals surface area contributed by atoms with Gasteiger partial charge in [0.05, 0.1) is 0 Å². The Kier molecular flexibility index (Phi) is 10.9. The van der Waals surface area contributed by atoms with Crippen molar-refractivity contribution in [2.24, 2.45) is 0 Å². The van der Waals surface area contributed by atoms with E-state index in [9.17, 15) is 0 Å². The quantitative estimate of drug-likeness (QED) is 0.0746. The van der Waals surface area contributed by atoms with Gasteiger partial charge in [-0.3, -0.25) is 19.9 Å². The normalized spacial score (nSPS) is 12.7. The fourth-order valence-electron chi connectivity index (χ4n) is 8.04. The van der Waals surface area contributed by atoms with E-state index >= 15 is 0 Å². The Morgan fingerprint density at radius 1 is 0.412 bits per heavy atom. The molecule has 0 radical (unpaired) electrons. The Morgan fingerprint density at radius 2 is 0.745 bits per heavy atom. The summed E-state index contributed by atoms with van der Waals surface area (Å²) in [5, 5.41) is 3.35. The number of hydrogen-bond donors (Lipinski definition) is 0. The van der Waals surface area contributed by atoms with E-state index in [0.29, 0.717) is 0 Å². The number of unbranched alkanes of at least 4 members (excludes halogenated alkanes) is 4. The van der Waals surface area contributed by atoms with Crippen molar-refractivity contribution in [2.45, 2.75) is 64.5 Å². The predicted octanol–water partition coefficient (Wildman–Crippen LogP) is 9.44. The third-order valence-corrected chi connectivity index (χ3v) is 15.8. The standard InChI is InChI=1S/C44H48N6Si/c1-35-9-11-41-42-12-10-36(2)34-44(42)51(43(41)33-35,31-7-3-5-29-49(37-13-21-45-22-14-37)38-15-23-46-24-16-38)32-8-4-6-30-50(39-17-25-47-26-18-39)40-19-27-48-28-20-40/h9-28,33-34H,3-8,29-32H2,1-2H3. The summed E-state index contributed by atoms with van der Waals surface area (Å²) in [5.74, 6) is 0. The molecule has 6 nitrogen and oxygen atoms in total. The largest absolute Gasteiger partial charge is 0.341 e. The second-order valence-electron chi connectivity index (χ2n) is 13.9. The molecule has 258 valence electrons. The van der Waals surface area contributed by atoms with Gasteiger partial charge >= 0.3 is 0 Å². The van der Waals surface area contributed by atoms with Crippen LogP contribution in [-0.4, -0.2) is 41.1 Å². The molecular weight excluding hydrogens is 641 g/mol. The van der Waals surface area contributed by atoms with Crippen LogP contribution in [0.3, 0.4) is 0 Å². The van der Waals surface area contributed by atoms with Gasteiger partial charge in [-0.2, -0.15) is 0 Å². The maximum atomic E-state index is 4.26. The van der Waals surface area contributed by atoms with Crippen LogP contribution in [0.15, 0.2) is 135 Å². The van der Waals surface area contributed by atoms with Gasteiger partial charge in [0, 0.05) is 85.4 Å². The Hall–Kier alpha value is -5.14. The molecule has 6 aromatic rings. The molecule has 0 amide bonds. The first-order valence-corrected chi connectivity index (χ1v) is 20.9. The van der Waals surface area contributed by atoms with Crippen LogP contribution in [0.5, 0.6) is 0 Å². The van der Waals surface area contributed by atoms with Gasteiger partial charge in [-0.15, -0.1) is 0 Å². The number of rotatable bonds is 16. The number of hydrogen-bond acceptors (Lipinski definition) is 6. The molecule has 51 heavy (non-hydrogen) atoms. The summed E-state index contributed by atoms with van der Waals surface area (Å²) >= 11 is 0. The molecule has 0 bridgehead atoms. The molecule has 2 aromatic carbocycles. The lowest BCUT2D eigenvalue weighted by molar-refractivity contribution is 0.698. The van der Waals surface area contributed by atoms with Gasteiger partial charge in [0.25, 0.3) is 0 Å². The lowest BCUT2D eigenvalue weighted by Gasteiger charge is -2.31. The van der Waals surface area contributed by atoms with Gasteiger partial charge in [-0.05, 0) is 109 Å². The van der Waals surface area contributed by atoms with Crippen molar-refractivity contribution in [2.75, 3.05) is 22.9 Å². The first-order valence-electron chi connectivity index (χ1n) is 18.5. The zero-order chi connectivity index (χ0) is 34.9. The van der Waals surface area contributed by atoms with Crippen molar-refractivity contribution < 1.29 is 0 Å². The third-order valence-electron chi connectivity index (χ3n) is 10.5. The van der Waals surface area contributed by atoms with Crippen molar-refractivity contribution >= 4 is 41.2 Å². The molecule has 0 fully saturated rings. The molecule has 1 aliphatic rings. The fraction of sp³-hybridized carbons (Fsp3) is 0.273. The van der Waals surface area contributed by atoms with Crippen LogP contribution in [0.25, 0.3) is 11.1 Å². The van der Waals surface area contributed by atoms with E-state index in [-0.39, 0.29) is 0 Å². The van der Waals surface area contributed by atoms with Gasteiger partial charge in [0.15, 0.2) is 0 Å². The highest BCUT2D eigenvalue weighted by Gasteiger charge is 2.44. The number of pyridine rings is 4. The zero-order valence-corrected chi connectivity index (χ0v) is 31.0. The van der Waals surface area contributed by atoms with Gasteiger partial charge in [-0.1, -0.05) is 73.2 Å². The maximum Gasteiger partial charge on any atom is 0.119 e. The molecule has 0 saturated heterocycles. The first kappa shape index (κ1) is 34.3. The van der Waals surface area contributed by atoms with E-state index in [2.05, 4.69) is 129 Å². The Labute approximate surface area is 304 Å². The van der Waals surface area contributed by atoms with Crippen LogP contribution >= 0.6 is 0 Å². The summed E-state index contributed by atoms with van der Waals surface area (Å²) in [6.45, 7) is 6.49. The SMILES string of the molecule is Cc1ccc2c(c1)[Si](CCCCCN(c1ccncc1)c1ccncc1)(CCCCCN(c1ccncc1)c1ccncc1)c1cc(C)ccc1-2. The van der Waals surface area contributed by atoms with Gasteiger partial charge in [0.2, 0.25) is 0 Å². The molecule has 0 atom stereocenters. The second-order valence-corrected chi connectivity index (χ2v) is 18.2. The van der Waals surface area contributed by atoms with Crippen LogP contribution in [0.2, 0.25) is 12.1 Å². The molecule has 0 aliphatic carbocycles. The fourth-order valence-corrected chi connectivity index (χ4v) is 13.8. The first-order chi connectivity index (χ1) is 25.1. The van der Waals surface area contributed by atoms with Gasteiger partial charge < -0.3 is 9.80 Å². The molecule has 5 heterocycles. The summed E-state index contributed by atoms with van der Waals surface area (Å²) in [7, 11) is -2.01. The minimum atomic E-state index is -2.01. The molecule has 0 saturated carbocycles. The molecule has 0 N–H and O–H groups in total. The minimum absolute atomic E-state index is 0.972. The number of fused-ring (bicyclic) bond motifs is 3. The van der Waals surface area contributed by atoms with Crippen LogP contribution < -0.4 is 20.2 Å². The van der Waals surface area contributed by atoms with Crippen LogP contribution in [0.1, 0.15) is 49.7 Å². The number of aromatic nitrogens is 4. The van der Waals surface area contributed by atoms with E-state index < -0.39 is 8.07 Å². The number of nitrogens with zero attached hydrogens (tertiary/aromatic N) is 6. The third kappa shape index (κ3) is 7.79. The molecular formula is C44H48N6Si. The smallest absolute Gasteiger partial charge is 0.119 e. The predicted molar refractivity (Wildman–Crippen MR) is 215 cm³/mol. The van der Waals surface area contributed by atoms with Gasteiger partial charge in [-0.25, -0.2) is 0 Å². The van der Waals surface area contributed by atoms with E-state index in [4.69, 9.17) is 0 Å². The summed E-state index contributed by atoms with van der Waals surface area (Å²) in [6, 6.07) is 34.0. The van der Waals surface area contributed by atoms with Crippen molar-refractivity contribution in [3.8, 4) is 11.1 Å². The van der Waals surface area contributed by atoms with Crippen molar-refractivity contribution in [3.05, 3.63) is 146 Å². The zero-order valence-electron chi connectivity index (χ0n) is 30.0. The van der Waals surface area contributed by atoms with Crippen molar-refractivity contribution in [3.63, 3.8) is 0 Å². The van der Waals surface area contributed by atoms with Crippen LogP contribution in [-0.2, 0) is 0 Å². The summed E-state index contributed by atoms with van der Waals surface area (Å²) < 4.78 is 0. The Bertz CT molecular complexity index is 1760. The van der Waals surface area contributed by atoms with E-state index in [1.165, 1.54) is 82.8 Å². The summed E-state index contributed by atoms with van der Waals surface area (Å²) in [4.78, 5) is 21.9.